The Labute approximate surface area is 220 Å². The van der Waals surface area contributed by atoms with Crippen LogP contribution in [-0.2, 0) is 14.9 Å². The summed E-state index contributed by atoms with van der Waals surface area (Å²) in [5.41, 5.74) is 0.555. The lowest BCUT2D eigenvalue weighted by Crippen LogP contribution is -2.29. The van der Waals surface area contributed by atoms with Crippen molar-refractivity contribution in [1.82, 2.24) is 9.66 Å². The first kappa shape index (κ1) is 26.9. The maximum absolute atomic E-state index is 13.4. The van der Waals surface area contributed by atoms with Crippen LogP contribution in [0.25, 0.3) is 10.9 Å². The first-order chi connectivity index (χ1) is 16.5. The highest BCUT2D eigenvalue weighted by atomic mass is 79.9. The van der Waals surface area contributed by atoms with Gasteiger partial charge < -0.3 is 14.2 Å². The molecule has 186 valence electrons. The second-order valence-corrected chi connectivity index (χ2v) is 10.3. The molecule has 0 spiro atoms. The van der Waals surface area contributed by atoms with Crippen molar-refractivity contribution < 1.29 is 19.0 Å². The Balaban J connectivity index is 2.06. The SMILES string of the molecule is CCOC(=O)COc1cc(Br)c(C=Nn2c(C(C)(C)C)nc3ccc(Br)cc3c2=O)cc1OCC. The summed E-state index contributed by atoms with van der Waals surface area (Å²) < 4.78 is 19.0. The molecule has 0 aliphatic rings. The number of rotatable bonds is 8. The van der Waals surface area contributed by atoms with Crippen LogP contribution >= 0.6 is 31.9 Å². The van der Waals surface area contributed by atoms with Crippen molar-refractivity contribution in [2.45, 2.75) is 40.0 Å². The molecule has 0 aliphatic carbocycles. The number of carbonyl (C=O) groups excluding carboxylic acids is 1. The molecule has 0 saturated carbocycles. The molecule has 0 atom stereocenters. The lowest BCUT2D eigenvalue weighted by Gasteiger charge is -2.21. The number of ether oxygens (including phenoxy) is 3. The summed E-state index contributed by atoms with van der Waals surface area (Å²) in [6, 6.07) is 8.82. The van der Waals surface area contributed by atoms with Crippen LogP contribution < -0.4 is 15.0 Å². The number of hydrogen-bond donors (Lipinski definition) is 0. The van der Waals surface area contributed by atoms with Gasteiger partial charge in [0.05, 0.1) is 30.3 Å². The van der Waals surface area contributed by atoms with Gasteiger partial charge in [-0.25, -0.2) is 9.78 Å². The molecule has 1 aromatic heterocycles. The van der Waals surface area contributed by atoms with E-state index in [0.717, 1.165) is 4.47 Å². The fourth-order valence-corrected chi connectivity index (χ4v) is 4.02. The normalized spacial score (nSPS) is 11.7. The van der Waals surface area contributed by atoms with Crippen LogP contribution in [-0.4, -0.2) is 41.7 Å². The van der Waals surface area contributed by atoms with Gasteiger partial charge in [0, 0.05) is 19.9 Å². The van der Waals surface area contributed by atoms with Gasteiger partial charge in [0.2, 0.25) is 0 Å². The molecule has 35 heavy (non-hydrogen) atoms. The van der Waals surface area contributed by atoms with Gasteiger partial charge >= 0.3 is 5.97 Å². The maximum atomic E-state index is 13.4. The fourth-order valence-electron chi connectivity index (χ4n) is 3.23. The van der Waals surface area contributed by atoms with E-state index in [1.807, 2.05) is 39.8 Å². The highest BCUT2D eigenvalue weighted by molar-refractivity contribution is 9.10. The molecule has 0 aliphatic heterocycles. The summed E-state index contributed by atoms with van der Waals surface area (Å²) in [7, 11) is 0. The number of hydrogen-bond acceptors (Lipinski definition) is 7. The van der Waals surface area contributed by atoms with Gasteiger partial charge in [0.15, 0.2) is 18.1 Å². The smallest absolute Gasteiger partial charge is 0.344 e. The largest absolute Gasteiger partial charge is 0.490 e. The first-order valence-electron chi connectivity index (χ1n) is 11.1. The van der Waals surface area contributed by atoms with Gasteiger partial charge in [0.25, 0.3) is 5.56 Å². The van der Waals surface area contributed by atoms with Gasteiger partial charge in [0.1, 0.15) is 5.82 Å². The molecule has 0 N–H and O–H groups in total. The van der Waals surface area contributed by atoms with Gasteiger partial charge in [-0.2, -0.15) is 9.78 Å². The fraction of sp³-hybridized carbons (Fsp3) is 0.360. The van der Waals surface area contributed by atoms with Crippen LogP contribution in [0.4, 0.5) is 0 Å². The van der Waals surface area contributed by atoms with Crippen LogP contribution in [0.15, 0.2) is 49.2 Å². The van der Waals surface area contributed by atoms with E-state index in [0.29, 0.717) is 44.9 Å². The molecule has 0 amide bonds. The molecular weight excluding hydrogens is 582 g/mol. The molecule has 10 heteroatoms. The number of esters is 1. The highest BCUT2D eigenvalue weighted by Crippen LogP contribution is 2.33. The first-order valence-corrected chi connectivity index (χ1v) is 12.7. The monoisotopic (exact) mass is 607 g/mol. The van der Waals surface area contributed by atoms with E-state index in [9.17, 15) is 9.59 Å². The zero-order chi connectivity index (χ0) is 25.8. The molecule has 1 heterocycles. The van der Waals surface area contributed by atoms with Crippen molar-refractivity contribution in [1.29, 1.82) is 0 Å². The third kappa shape index (κ3) is 6.49. The summed E-state index contributed by atoms with van der Waals surface area (Å²) in [6.45, 7) is 9.93. The van der Waals surface area contributed by atoms with E-state index < -0.39 is 11.4 Å². The maximum Gasteiger partial charge on any atom is 0.344 e. The van der Waals surface area contributed by atoms with E-state index >= 15 is 0 Å². The second-order valence-electron chi connectivity index (χ2n) is 8.56. The number of nitrogens with zero attached hydrogens (tertiary/aromatic N) is 3. The molecule has 0 bridgehead atoms. The van der Waals surface area contributed by atoms with E-state index in [-0.39, 0.29) is 18.8 Å². The number of benzene rings is 2. The Morgan fingerprint density at radius 2 is 1.80 bits per heavy atom. The van der Waals surface area contributed by atoms with E-state index in [1.54, 1.807) is 31.3 Å². The molecule has 8 nitrogen and oxygen atoms in total. The quantitative estimate of drug-likeness (QED) is 0.250. The van der Waals surface area contributed by atoms with Crippen molar-refractivity contribution in [2.24, 2.45) is 5.10 Å². The van der Waals surface area contributed by atoms with Crippen LogP contribution in [0.5, 0.6) is 11.5 Å². The van der Waals surface area contributed by atoms with Crippen molar-refractivity contribution in [3.63, 3.8) is 0 Å². The minimum Gasteiger partial charge on any atom is -0.490 e. The topological polar surface area (TPSA) is 92.0 Å². The lowest BCUT2D eigenvalue weighted by molar-refractivity contribution is -0.145. The zero-order valence-corrected chi connectivity index (χ0v) is 23.4. The number of carbonyl (C=O) groups is 1. The Bertz CT molecular complexity index is 1330. The summed E-state index contributed by atoms with van der Waals surface area (Å²) in [5.74, 6) is 0.879. The van der Waals surface area contributed by atoms with Crippen molar-refractivity contribution in [3.05, 3.63) is 61.0 Å². The van der Waals surface area contributed by atoms with Crippen molar-refractivity contribution in [3.8, 4) is 11.5 Å². The molecule has 0 unspecified atom stereocenters. The van der Waals surface area contributed by atoms with Crippen LogP contribution in [0.2, 0.25) is 0 Å². The Kier molecular flexibility index (Phi) is 8.71. The standard InChI is InChI=1S/C25H27Br2N3O5/c1-6-33-20-10-15(18(27)12-21(20)35-14-22(31)34-7-2)13-28-30-23(32)17-11-16(26)8-9-19(17)29-24(30)25(3,4)5/h8-13H,6-7,14H2,1-5H3. The molecular formula is C25H27Br2N3O5. The molecule has 2 aromatic carbocycles. The van der Waals surface area contributed by atoms with Crippen LogP contribution in [0, 0.1) is 0 Å². The number of halogens is 2. The van der Waals surface area contributed by atoms with Crippen molar-refractivity contribution >= 4 is 54.9 Å². The molecule has 0 radical (unpaired) electrons. The summed E-state index contributed by atoms with van der Waals surface area (Å²) >= 11 is 6.94. The molecule has 3 rings (SSSR count). The second kappa shape index (κ2) is 11.3. The van der Waals surface area contributed by atoms with Crippen LogP contribution in [0.1, 0.15) is 46.0 Å². The zero-order valence-electron chi connectivity index (χ0n) is 20.2. The van der Waals surface area contributed by atoms with Gasteiger partial charge in [-0.1, -0.05) is 36.7 Å². The minimum atomic E-state index is -0.471. The predicted molar refractivity (Wildman–Crippen MR) is 143 cm³/mol. The van der Waals surface area contributed by atoms with E-state index in [2.05, 4.69) is 37.0 Å². The minimum absolute atomic E-state index is 0.240. The van der Waals surface area contributed by atoms with Gasteiger partial charge in [-0.3, -0.25) is 4.79 Å². The number of fused-ring (bicyclic) bond motifs is 1. The van der Waals surface area contributed by atoms with Gasteiger partial charge in [-0.15, -0.1) is 0 Å². The molecule has 3 aromatic rings. The molecule has 0 fully saturated rings. The van der Waals surface area contributed by atoms with E-state index in [1.165, 1.54) is 4.68 Å². The van der Waals surface area contributed by atoms with E-state index in [4.69, 9.17) is 19.2 Å². The lowest BCUT2D eigenvalue weighted by atomic mass is 9.95. The third-order valence-electron chi connectivity index (χ3n) is 4.81. The van der Waals surface area contributed by atoms with Crippen molar-refractivity contribution in [2.75, 3.05) is 19.8 Å². The highest BCUT2D eigenvalue weighted by Gasteiger charge is 2.23. The Morgan fingerprint density at radius 3 is 2.46 bits per heavy atom. The summed E-state index contributed by atoms with van der Waals surface area (Å²) in [4.78, 5) is 29.8. The molecule has 0 saturated heterocycles. The summed E-state index contributed by atoms with van der Waals surface area (Å²) in [6.07, 6.45) is 1.56. The Hall–Kier alpha value is -2.72. The number of aromatic nitrogens is 2. The predicted octanol–water partition coefficient (Wildman–Crippen LogP) is 5.44. The average Bonchev–Trinajstić information content (AvgIpc) is 2.79. The third-order valence-corrected chi connectivity index (χ3v) is 5.99. The van der Waals surface area contributed by atoms with Gasteiger partial charge in [-0.05, 0) is 60.1 Å². The Morgan fingerprint density at radius 1 is 1.09 bits per heavy atom. The average molecular weight is 609 g/mol. The van der Waals surface area contributed by atoms with Crippen LogP contribution in [0.3, 0.4) is 0 Å². The summed E-state index contributed by atoms with van der Waals surface area (Å²) in [5, 5.41) is 4.97.